The summed E-state index contributed by atoms with van der Waals surface area (Å²) in [6.45, 7) is -3.22. The summed E-state index contributed by atoms with van der Waals surface area (Å²) in [5.41, 5.74) is 0.113. The number of nitrogens with zero attached hydrogens (tertiary/aromatic N) is 1. The van der Waals surface area contributed by atoms with Crippen molar-refractivity contribution >= 4 is 42.4 Å². The van der Waals surface area contributed by atoms with Crippen LogP contribution in [0.4, 0.5) is 8.78 Å². The Labute approximate surface area is 109 Å². The molecule has 0 unspecified atom stereocenters. The van der Waals surface area contributed by atoms with E-state index in [-0.39, 0.29) is 16.3 Å². The van der Waals surface area contributed by atoms with E-state index in [1.807, 2.05) is 0 Å². The van der Waals surface area contributed by atoms with Crippen LogP contribution in [0.1, 0.15) is 0 Å². The molecule has 0 aliphatic carbocycles. The van der Waals surface area contributed by atoms with E-state index in [0.717, 1.165) is 6.07 Å². The van der Waals surface area contributed by atoms with Crippen LogP contribution in [0.15, 0.2) is 17.0 Å². The van der Waals surface area contributed by atoms with Gasteiger partial charge in [-0.1, -0.05) is 0 Å². The lowest BCUT2D eigenvalue weighted by molar-refractivity contribution is -0.0507. The highest BCUT2D eigenvalue weighted by atomic mass is 35.7. The summed E-state index contributed by atoms with van der Waals surface area (Å²) in [7, 11) is 0.886. The van der Waals surface area contributed by atoms with E-state index < -0.39 is 26.3 Å². The first-order valence-corrected chi connectivity index (χ1v) is 7.05. The molecule has 0 spiro atoms. The van der Waals surface area contributed by atoms with Crippen LogP contribution >= 0.6 is 22.3 Å². The number of imidazole rings is 1. The maximum Gasteiger partial charge on any atom is 0.387 e. The van der Waals surface area contributed by atoms with Crippen LogP contribution in [-0.2, 0) is 9.05 Å². The topological polar surface area (TPSA) is 72.0 Å². The Hall–Kier alpha value is -1.12. The molecule has 1 aromatic carbocycles. The number of hydrogen-bond acceptors (Lipinski definition) is 4. The Kier molecular flexibility index (Phi) is 3.35. The largest absolute Gasteiger partial charge is 0.431 e. The van der Waals surface area contributed by atoms with Crippen molar-refractivity contribution in [1.29, 1.82) is 0 Å². The molecule has 1 heterocycles. The number of rotatable bonds is 3. The maximum atomic E-state index is 12.3. The van der Waals surface area contributed by atoms with E-state index in [1.165, 1.54) is 6.07 Å². The zero-order valence-electron chi connectivity index (χ0n) is 8.32. The number of aromatic amines is 1. The number of nitrogens with one attached hydrogen (secondary N) is 1. The monoisotopic (exact) mass is 316 g/mol. The molecule has 18 heavy (non-hydrogen) atoms. The summed E-state index contributed by atoms with van der Waals surface area (Å²) < 4.78 is 51.3. The average molecular weight is 317 g/mol. The number of hydrogen-bond donors (Lipinski definition) is 1. The molecule has 2 aromatic rings. The number of aromatic nitrogens is 2. The second kappa shape index (κ2) is 4.52. The summed E-state index contributed by atoms with van der Waals surface area (Å²) in [6.07, 6.45) is 0. The van der Waals surface area contributed by atoms with Gasteiger partial charge < -0.3 is 9.72 Å². The van der Waals surface area contributed by atoms with Gasteiger partial charge in [-0.15, -0.1) is 0 Å². The first kappa shape index (κ1) is 13.3. The molecule has 0 aliphatic rings. The quantitative estimate of drug-likeness (QED) is 0.884. The van der Waals surface area contributed by atoms with E-state index in [4.69, 9.17) is 22.3 Å². The summed E-state index contributed by atoms with van der Waals surface area (Å²) in [5.74, 6) is -0.638. The molecule has 1 N–H and O–H groups in total. The fraction of sp³-hybridized carbons (Fsp3) is 0.125. The van der Waals surface area contributed by atoms with Crippen LogP contribution < -0.4 is 4.74 Å². The lowest BCUT2D eigenvalue weighted by Gasteiger charge is -2.08. The van der Waals surface area contributed by atoms with E-state index in [0.29, 0.717) is 0 Å². The van der Waals surface area contributed by atoms with Crippen molar-refractivity contribution in [3.8, 4) is 5.75 Å². The van der Waals surface area contributed by atoms with Gasteiger partial charge in [0.2, 0.25) is 5.28 Å². The molecule has 0 saturated heterocycles. The predicted molar refractivity (Wildman–Crippen MR) is 60.8 cm³/mol. The standard InChI is InChI=1S/C8H4Cl2F2N2O3S/c9-7-13-3-1-2-4(18(10,15)16)6(5(3)14-7)17-8(11)12/h1-2,8H,(H,13,14). The van der Waals surface area contributed by atoms with Gasteiger partial charge in [0.1, 0.15) is 10.4 Å². The Morgan fingerprint density at radius 3 is 2.61 bits per heavy atom. The highest BCUT2D eigenvalue weighted by molar-refractivity contribution is 8.13. The summed E-state index contributed by atoms with van der Waals surface area (Å²) in [6, 6.07) is 2.32. The van der Waals surface area contributed by atoms with Crippen LogP contribution in [0, 0.1) is 0 Å². The third-order valence-corrected chi connectivity index (χ3v) is 3.54. The molecule has 10 heteroatoms. The molecule has 0 radical (unpaired) electrons. The first-order valence-electron chi connectivity index (χ1n) is 4.36. The molecular formula is C8H4Cl2F2N2O3S. The minimum atomic E-state index is -4.24. The normalized spacial score (nSPS) is 12.3. The second-order valence-electron chi connectivity index (χ2n) is 3.13. The third kappa shape index (κ3) is 2.50. The van der Waals surface area contributed by atoms with Crippen molar-refractivity contribution in [3.63, 3.8) is 0 Å². The van der Waals surface area contributed by atoms with Crippen molar-refractivity contribution in [2.45, 2.75) is 11.5 Å². The Balaban J connectivity index is 2.78. The zero-order chi connectivity index (χ0) is 13.5. The molecule has 1 aromatic heterocycles. The summed E-state index contributed by atoms with van der Waals surface area (Å²) >= 11 is 5.57. The smallest absolute Gasteiger partial charge is 0.387 e. The van der Waals surface area contributed by atoms with Gasteiger partial charge in [-0.2, -0.15) is 8.78 Å². The van der Waals surface area contributed by atoms with Gasteiger partial charge in [-0.25, -0.2) is 13.4 Å². The molecule has 0 amide bonds. The minimum Gasteiger partial charge on any atom is -0.431 e. The first-order chi connectivity index (χ1) is 8.29. The van der Waals surface area contributed by atoms with E-state index in [2.05, 4.69) is 14.7 Å². The van der Waals surface area contributed by atoms with Gasteiger partial charge in [0, 0.05) is 10.7 Å². The molecule has 0 saturated carbocycles. The molecule has 98 valence electrons. The maximum absolute atomic E-state index is 12.3. The number of H-pyrrole nitrogens is 1. The van der Waals surface area contributed by atoms with Gasteiger partial charge in [0.05, 0.1) is 5.52 Å². The fourth-order valence-electron chi connectivity index (χ4n) is 1.40. The molecule has 0 bridgehead atoms. The highest BCUT2D eigenvalue weighted by Gasteiger charge is 2.24. The van der Waals surface area contributed by atoms with Crippen molar-refractivity contribution in [2.75, 3.05) is 0 Å². The molecular weight excluding hydrogens is 313 g/mol. The fourth-order valence-corrected chi connectivity index (χ4v) is 2.54. The van der Waals surface area contributed by atoms with Crippen LogP contribution in [-0.4, -0.2) is 25.0 Å². The van der Waals surface area contributed by atoms with Gasteiger partial charge in [0.25, 0.3) is 9.05 Å². The van der Waals surface area contributed by atoms with E-state index in [1.54, 1.807) is 0 Å². The second-order valence-corrected chi connectivity index (χ2v) is 6.03. The van der Waals surface area contributed by atoms with Crippen LogP contribution in [0.5, 0.6) is 5.75 Å². The Morgan fingerprint density at radius 1 is 1.39 bits per heavy atom. The Morgan fingerprint density at radius 2 is 2.06 bits per heavy atom. The number of ether oxygens (including phenoxy) is 1. The van der Waals surface area contributed by atoms with Crippen LogP contribution in [0.25, 0.3) is 11.0 Å². The SMILES string of the molecule is O=S(=O)(Cl)c1ccc2[nH]c(Cl)nc2c1OC(F)F. The third-order valence-electron chi connectivity index (χ3n) is 2.01. The minimum absolute atomic E-state index is 0.0896. The lowest BCUT2D eigenvalue weighted by atomic mass is 10.3. The number of fused-ring (bicyclic) bond motifs is 1. The highest BCUT2D eigenvalue weighted by Crippen LogP contribution is 2.35. The van der Waals surface area contributed by atoms with Gasteiger partial charge >= 0.3 is 6.61 Å². The van der Waals surface area contributed by atoms with E-state index in [9.17, 15) is 17.2 Å². The Bertz CT molecular complexity index is 702. The summed E-state index contributed by atoms with van der Waals surface area (Å²) in [5, 5.41) is -0.0896. The summed E-state index contributed by atoms with van der Waals surface area (Å²) in [4.78, 5) is 5.61. The number of alkyl halides is 2. The lowest BCUT2D eigenvalue weighted by Crippen LogP contribution is -2.06. The molecule has 0 aliphatic heterocycles. The van der Waals surface area contributed by atoms with Crippen molar-refractivity contribution in [3.05, 3.63) is 17.4 Å². The van der Waals surface area contributed by atoms with Crippen LogP contribution in [0.2, 0.25) is 5.28 Å². The number of benzene rings is 1. The van der Waals surface area contributed by atoms with Gasteiger partial charge in [-0.05, 0) is 23.7 Å². The van der Waals surface area contributed by atoms with Crippen molar-refractivity contribution < 1.29 is 21.9 Å². The van der Waals surface area contributed by atoms with Gasteiger partial charge in [0.15, 0.2) is 5.75 Å². The van der Waals surface area contributed by atoms with Crippen molar-refractivity contribution in [2.24, 2.45) is 0 Å². The zero-order valence-corrected chi connectivity index (χ0v) is 10.7. The van der Waals surface area contributed by atoms with Gasteiger partial charge in [-0.3, -0.25) is 0 Å². The molecule has 5 nitrogen and oxygen atoms in total. The number of halogens is 4. The molecule has 2 rings (SSSR count). The van der Waals surface area contributed by atoms with Crippen molar-refractivity contribution in [1.82, 2.24) is 9.97 Å². The molecule has 0 fully saturated rings. The predicted octanol–water partition coefficient (Wildman–Crippen LogP) is 2.75. The average Bonchev–Trinajstić information content (AvgIpc) is 2.56. The van der Waals surface area contributed by atoms with E-state index >= 15 is 0 Å². The van der Waals surface area contributed by atoms with Crippen LogP contribution in [0.3, 0.4) is 0 Å². The molecule has 0 atom stereocenters.